The molecule has 0 spiro atoms. The molecule has 7 nitrogen and oxygen atoms in total. The predicted molar refractivity (Wildman–Crippen MR) is 172 cm³/mol. The summed E-state index contributed by atoms with van der Waals surface area (Å²) < 4.78 is 23.0. The normalized spacial score (nSPS) is 12.5. The van der Waals surface area contributed by atoms with E-state index in [1.807, 2.05) is 18.2 Å². The van der Waals surface area contributed by atoms with E-state index in [1.54, 1.807) is 17.0 Å². The second-order valence-electron chi connectivity index (χ2n) is 9.74. The molecule has 11 heteroatoms. The number of halogens is 4. The van der Waals surface area contributed by atoms with Crippen molar-refractivity contribution in [3.63, 3.8) is 0 Å². The lowest BCUT2D eigenvalue weighted by Gasteiger charge is -2.38. The van der Waals surface area contributed by atoms with Gasteiger partial charge in [0.25, 0.3) is 0 Å². The van der Waals surface area contributed by atoms with Crippen LogP contribution in [0.1, 0.15) is 58.5 Å². The van der Waals surface area contributed by atoms with Gasteiger partial charge in [-0.05, 0) is 72.5 Å². The number of carbonyl (C=O) groups is 2. The van der Waals surface area contributed by atoms with Gasteiger partial charge in [-0.2, -0.15) is 0 Å². The molecule has 3 aromatic carbocycles. The van der Waals surface area contributed by atoms with Crippen LogP contribution in [0.15, 0.2) is 54.6 Å². The Balaban J connectivity index is 2.13. The molecule has 0 aromatic heterocycles. The van der Waals surface area contributed by atoms with Gasteiger partial charge >= 0.3 is 11.9 Å². The molecule has 0 N–H and O–H groups in total. The van der Waals surface area contributed by atoms with Gasteiger partial charge in [-0.15, -0.1) is 0 Å². The molecular formula is C32H35Cl4NO6. The molecule has 0 radical (unpaired) electrons. The second kappa shape index (κ2) is 17.1. The molecule has 0 aliphatic carbocycles. The molecule has 0 amide bonds. The van der Waals surface area contributed by atoms with Crippen molar-refractivity contribution in [2.75, 3.05) is 32.3 Å². The van der Waals surface area contributed by atoms with Crippen LogP contribution in [0.5, 0.6) is 0 Å². The van der Waals surface area contributed by atoms with Crippen LogP contribution in [0.2, 0.25) is 20.1 Å². The average Bonchev–Trinajstić information content (AvgIpc) is 2.97. The minimum absolute atomic E-state index is 0.0752. The van der Waals surface area contributed by atoms with Crippen molar-refractivity contribution in [1.29, 1.82) is 0 Å². The van der Waals surface area contributed by atoms with E-state index in [1.165, 1.54) is 44.0 Å². The van der Waals surface area contributed by atoms with E-state index in [2.05, 4.69) is 13.8 Å². The van der Waals surface area contributed by atoms with Gasteiger partial charge < -0.3 is 18.9 Å². The highest BCUT2D eigenvalue weighted by Gasteiger charge is 2.34. The van der Waals surface area contributed by atoms with Gasteiger partial charge in [0.1, 0.15) is 13.2 Å². The summed E-state index contributed by atoms with van der Waals surface area (Å²) in [5.74, 6) is -1.48. The van der Waals surface area contributed by atoms with Crippen molar-refractivity contribution < 1.29 is 28.5 Å². The third-order valence-electron chi connectivity index (χ3n) is 6.55. The number of rotatable bonds is 15. The lowest BCUT2D eigenvalue weighted by atomic mass is 9.98. The summed E-state index contributed by atoms with van der Waals surface area (Å²) in [6, 6.07) is 15.0. The number of carbonyl (C=O) groups excluding carboxylic acids is 2. The fourth-order valence-electron chi connectivity index (χ4n) is 4.62. The maximum Gasteiger partial charge on any atom is 0.341 e. The van der Waals surface area contributed by atoms with Gasteiger partial charge in [-0.1, -0.05) is 79.2 Å². The number of esters is 2. The Morgan fingerprint density at radius 3 is 1.58 bits per heavy atom. The summed E-state index contributed by atoms with van der Waals surface area (Å²) >= 11 is 24.9. The first-order valence-electron chi connectivity index (χ1n) is 13.8. The highest BCUT2D eigenvalue weighted by Crippen LogP contribution is 2.30. The smallest absolute Gasteiger partial charge is 0.341 e. The third kappa shape index (κ3) is 9.48. The first kappa shape index (κ1) is 35.0. The lowest BCUT2D eigenvalue weighted by molar-refractivity contribution is -0.0341. The minimum atomic E-state index is -1.08. The average molecular weight is 671 g/mol. The van der Waals surface area contributed by atoms with Crippen molar-refractivity contribution in [2.45, 2.75) is 52.0 Å². The first-order chi connectivity index (χ1) is 20.6. The lowest BCUT2D eigenvalue weighted by Crippen LogP contribution is -2.52. The fourth-order valence-corrected chi connectivity index (χ4v) is 5.35. The molecule has 0 heterocycles. The molecule has 3 rings (SSSR count). The summed E-state index contributed by atoms with van der Waals surface area (Å²) in [5.41, 5.74) is 3.12. The quantitative estimate of drug-likeness (QED) is 0.118. The van der Waals surface area contributed by atoms with E-state index in [-0.39, 0.29) is 34.4 Å². The Labute approximate surface area is 272 Å². The van der Waals surface area contributed by atoms with E-state index in [0.29, 0.717) is 15.7 Å². The molecule has 232 valence electrons. The van der Waals surface area contributed by atoms with Crippen molar-refractivity contribution in [2.24, 2.45) is 0 Å². The van der Waals surface area contributed by atoms with Crippen LogP contribution in [0.4, 0.5) is 5.69 Å². The van der Waals surface area contributed by atoms with Crippen LogP contribution in [0, 0.1) is 0 Å². The number of hydrogen-bond acceptors (Lipinski definition) is 7. The van der Waals surface area contributed by atoms with Crippen LogP contribution in [-0.2, 0) is 31.8 Å². The SMILES string of the molecule is CCCc1ccc(N(C(COC)OC(=O)c2cc(Cl)ccc2Cl)C(COC)OC(=O)c2cc(Cl)ccc2Cl)cc1CCC. The zero-order valence-electron chi connectivity index (χ0n) is 24.5. The molecule has 0 saturated heterocycles. The Hall–Kier alpha value is -2.52. The monoisotopic (exact) mass is 669 g/mol. The number of nitrogens with zero attached hydrogens (tertiary/aromatic N) is 1. The maximum absolute atomic E-state index is 13.4. The topological polar surface area (TPSA) is 74.3 Å². The Kier molecular flexibility index (Phi) is 13.9. The van der Waals surface area contributed by atoms with Crippen LogP contribution in [0.25, 0.3) is 0 Å². The zero-order valence-corrected chi connectivity index (χ0v) is 27.5. The van der Waals surface area contributed by atoms with Gasteiger partial charge in [-0.3, -0.25) is 4.90 Å². The highest BCUT2D eigenvalue weighted by atomic mass is 35.5. The fraction of sp³-hybridized carbons (Fsp3) is 0.375. The van der Waals surface area contributed by atoms with E-state index in [4.69, 9.17) is 65.4 Å². The van der Waals surface area contributed by atoms with Crippen molar-refractivity contribution in [3.8, 4) is 0 Å². The summed E-state index contributed by atoms with van der Waals surface area (Å²) in [7, 11) is 2.95. The number of benzene rings is 3. The maximum atomic E-state index is 13.4. The van der Waals surface area contributed by atoms with E-state index in [9.17, 15) is 9.59 Å². The molecule has 0 aliphatic heterocycles. The second-order valence-corrected chi connectivity index (χ2v) is 11.4. The van der Waals surface area contributed by atoms with Crippen LogP contribution in [0.3, 0.4) is 0 Å². The number of ether oxygens (including phenoxy) is 4. The van der Waals surface area contributed by atoms with Crippen LogP contribution in [-0.4, -0.2) is 51.8 Å². The molecule has 0 bridgehead atoms. The van der Waals surface area contributed by atoms with E-state index in [0.717, 1.165) is 31.2 Å². The number of methoxy groups -OCH3 is 2. The highest BCUT2D eigenvalue weighted by molar-refractivity contribution is 6.36. The molecule has 43 heavy (non-hydrogen) atoms. The zero-order chi connectivity index (χ0) is 31.5. The molecule has 0 fully saturated rings. The van der Waals surface area contributed by atoms with Crippen molar-refractivity contribution in [1.82, 2.24) is 0 Å². The van der Waals surface area contributed by atoms with Gasteiger partial charge in [0.2, 0.25) is 12.5 Å². The van der Waals surface area contributed by atoms with Crippen LogP contribution < -0.4 is 4.90 Å². The van der Waals surface area contributed by atoms with Gasteiger partial charge in [0.05, 0.1) is 21.2 Å². The third-order valence-corrected chi connectivity index (χ3v) is 7.68. The minimum Gasteiger partial charge on any atom is -0.435 e. The molecular weight excluding hydrogens is 636 g/mol. The number of hydrogen-bond donors (Lipinski definition) is 0. The van der Waals surface area contributed by atoms with Gasteiger partial charge in [-0.25, -0.2) is 9.59 Å². The Morgan fingerprint density at radius 1 is 0.674 bits per heavy atom. The largest absolute Gasteiger partial charge is 0.435 e. The summed E-state index contributed by atoms with van der Waals surface area (Å²) in [4.78, 5) is 28.5. The predicted octanol–water partition coefficient (Wildman–Crippen LogP) is 8.67. The van der Waals surface area contributed by atoms with Gasteiger partial charge in [0.15, 0.2) is 0 Å². The summed E-state index contributed by atoms with van der Waals surface area (Å²) in [6.07, 6.45) is 1.48. The molecule has 0 aliphatic rings. The van der Waals surface area contributed by atoms with Crippen molar-refractivity contribution >= 4 is 64.0 Å². The van der Waals surface area contributed by atoms with Gasteiger partial charge in [0, 0.05) is 30.0 Å². The Morgan fingerprint density at radius 2 is 1.14 bits per heavy atom. The molecule has 2 unspecified atom stereocenters. The standard InChI is InChI=1S/C32H35Cl4NO6/c1-5-7-20-9-12-24(15-21(20)8-6-2)37(29(18-40-3)42-31(38)25-16-22(33)10-13-27(25)35)30(19-41-4)43-32(39)26-17-23(34)11-14-28(26)36/h9-17,29-30H,5-8,18-19H2,1-4H3. The summed E-state index contributed by atoms with van der Waals surface area (Å²) in [5, 5.41) is 0.970. The first-order valence-corrected chi connectivity index (χ1v) is 15.3. The van der Waals surface area contributed by atoms with E-state index >= 15 is 0 Å². The number of aryl methyl sites for hydroxylation is 2. The van der Waals surface area contributed by atoms with Crippen LogP contribution >= 0.6 is 46.4 Å². The Bertz CT molecular complexity index is 1330. The molecule has 0 saturated carbocycles. The molecule has 2 atom stereocenters. The molecule has 3 aromatic rings. The van der Waals surface area contributed by atoms with E-state index < -0.39 is 24.4 Å². The van der Waals surface area contributed by atoms with Crippen molar-refractivity contribution in [3.05, 3.63) is 96.9 Å². The number of anilines is 1. The summed E-state index contributed by atoms with van der Waals surface area (Å²) in [6.45, 7) is 4.06.